The number of benzene rings is 2. The molecule has 4 nitrogen and oxygen atoms in total. The zero-order valence-corrected chi connectivity index (χ0v) is 17.1. The van der Waals surface area contributed by atoms with Crippen molar-refractivity contribution in [2.75, 3.05) is 42.9 Å². The second-order valence-electron chi connectivity index (χ2n) is 7.48. The van der Waals surface area contributed by atoms with E-state index in [1.165, 1.54) is 16.8 Å². The third kappa shape index (κ3) is 5.02. The van der Waals surface area contributed by atoms with E-state index < -0.39 is 0 Å². The van der Waals surface area contributed by atoms with E-state index in [1.807, 2.05) is 30.3 Å². The van der Waals surface area contributed by atoms with Gasteiger partial charge in [0.2, 0.25) is 5.91 Å². The van der Waals surface area contributed by atoms with Crippen LogP contribution in [0, 0.1) is 6.92 Å². The molecule has 0 bridgehead atoms. The molecule has 1 heterocycles. The number of amides is 1. The Morgan fingerprint density at radius 2 is 1.81 bits per heavy atom. The molecule has 0 saturated carbocycles. The molecule has 1 N–H and O–H groups in total. The van der Waals surface area contributed by atoms with Crippen molar-refractivity contribution in [3.05, 3.63) is 58.6 Å². The normalized spacial score (nSPS) is 15.2. The molecule has 0 aromatic heterocycles. The Morgan fingerprint density at radius 1 is 1.11 bits per heavy atom. The molecule has 1 fully saturated rings. The number of hydrogen-bond acceptors (Lipinski definition) is 3. The summed E-state index contributed by atoms with van der Waals surface area (Å²) in [5.74, 6) is 0.432. The predicted octanol–water partition coefficient (Wildman–Crippen LogP) is 4.53. The molecule has 27 heavy (non-hydrogen) atoms. The van der Waals surface area contributed by atoms with E-state index >= 15 is 0 Å². The monoisotopic (exact) mass is 385 g/mol. The summed E-state index contributed by atoms with van der Waals surface area (Å²) in [4.78, 5) is 17.1. The quantitative estimate of drug-likeness (QED) is 0.821. The molecule has 2 aromatic rings. The number of hydrogen-bond donors (Lipinski definition) is 1. The van der Waals surface area contributed by atoms with Crippen LogP contribution in [-0.2, 0) is 4.79 Å². The largest absolute Gasteiger partial charge is 0.369 e. The Hall–Kier alpha value is -2.04. The summed E-state index contributed by atoms with van der Waals surface area (Å²) in [5.41, 5.74) is 4.52. The lowest BCUT2D eigenvalue weighted by Crippen LogP contribution is -2.48. The van der Waals surface area contributed by atoms with E-state index in [9.17, 15) is 4.79 Å². The van der Waals surface area contributed by atoms with E-state index in [4.69, 9.17) is 11.6 Å². The highest BCUT2D eigenvalue weighted by atomic mass is 35.5. The van der Waals surface area contributed by atoms with Gasteiger partial charge in [0.25, 0.3) is 0 Å². The molecule has 144 valence electrons. The molecule has 0 aliphatic carbocycles. The van der Waals surface area contributed by atoms with Crippen molar-refractivity contribution in [2.45, 2.75) is 26.7 Å². The summed E-state index contributed by atoms with van der Waals surface area (Å²) in [6, 6.07) is 14.1. The number of carbonyl (C=O) groups is 1. The summed E-state index contributed by atoms with van der Waals surface area (Å²) >= 11 is 6.16. The Balaban J connectivity index is 1.55. The van der Waals surface area contributed by atoms with Crippen LogP contribution in [0.15, 0.2) is 42.5 Å². The van der Waals surface area contributed by atoms with E-state index in [-0.39, 0.29) is 5.91 Å². The van der Waals surface area contributed by atoms with Crippen LogP contribution in [0.4, 0.5) is 11.4 Å². The average molecular weight is 386 g/mol. The minimum absolute atomic E-state index is 0.0514. The van der Waals surface area contributed by atoms with Gasteiger partial charge in [-0.05, 0) is 42.2 Å². The van der Waals surface area contributed by atoms with Gasteiger partial charge in [0.1, 0.15) is 0 Å². The molecule has 5 heteroatoms. The Labute approximate surface area is 167 Å². The molecular formula is C22H28ClN3O. The number of nitrogens with one attached hydrogen (secondary N) is 1. The second-order valence-corrected chi connectivity index (χ2v) is 7.92. The van der Waals surface area contributed by atoms with Crippen molar-refractivity contribution < 1.29 is 4.79 Å². The van der Waals surface area contributed by atoms with E-state index in [0.717, 1.165) is 36.9 Å². The predicted molar refractivity (Wildman–Crippen MR) is 114 cm³/mol. The van der Waals surface area contributed by atoms with Crippen molar-refractivity contribution in [3.63, 3.8) is 0 Å². The van der Waals surface area contributed by atoms with Crippen molar-refractivity contribution in [1.29, 1.82) is 0 Å². The van der Waals surface area contributed by atoms with Crippen molar-refractivity contribution >= 4 is 28.9 Å². The smallest absolute Gasteiger partial charge is 0.238 e. The molecule has 2 aromatic carbocycles. The first-order valence-electron chi connectivity index (χ1n) is 9.56. The summed E-state index contributed by atoms with van der Waals surface area (Å²) in [5, 5.41) is 3.85. The third-order valence-corrected chi connectivity index (χ3v) is 5.34. The highest BCUT2D eigenvalue weighted by Crippen LogP contribution is 2.26. The molecular weight excluding hydrogens is 358 g/mol. The molecule has 0 spiro atoms. The fourth-order valence-electron chi connectivity index (χ4n) is 3.58. The van der Waals surface area contributed by atoms with Gasteiger partial charge in [0, 0.05) is 42.6 Å². The van der Waals surface area contributed by atoms with Crippen molar-refractivity contribution in [3.8, 4) is 0 Å². The van der Waals surface area contributed by atoms with Crippen LogP contribution >= 0.6 is 11.6 Å². The van der Waals surface area contributed by atoms with Crippen LogP contribution in [-0.4, -0.2) is 43.5 Å². The number of halogens is 1. The highest BCUT2D eigenvalue weighted by Gasteiger charge is 2.21. The van der Waals surface area contributed by atoms with E-state index in [0.29, 0.717) is 12.5 Å². The molecule has 0 atom stereocenters. The van der Waals surface area contributed by atoms with Crippen LogP contribution < -0.4 is 10.2 Å². The first-order chi connectivity index (χ1) is 12.9. The van der Waals surface area contributed by atoms with Crippen LogP contribution in [0.3, 0.4) is 0 Å². The number of nitrogens with zero attached hydrogens (tertiary/aromatic N) is 2. The van der Waals surface area contributed by atoms with Crippen LogP contribution in [0.2, 0.25) is 5.02 Å². The van der Waals surface area contributed by atoms with Gasteiger partial charge in [-0.3, -0.25) is 9.69 Å². The number of rotatable bonds is 5. The maximum atomic E-state index is 12.5. The number of anilines is 2. The standard InChI is InChI=1S/C22H28ClN3O/c1-16(2)19-6-4-5-7-20(19)24-22(27)15-25-10-12-26(13-11-25)21-14-18(23)9-8-17(21)3/h4-9,14,16H,10-13,15H2,1-3H3,(H,24,27). The molecule has 1 aliphatic heterocycles. The number of para-hydroxylation sites is 1. The van der Waals surface area contributed by atoms with Gasteiger partial charge >= 0.3 is 0 Å². The second kappa shape index (κ2) is 8.77. The zero-order chi connectivity index (χ0) is 19.4. The Kier molecular flexibility index (Phi) is 6.40. The van der Waals surface area contributed by atoms with Gasteiger partial charge in [0.05, 0.1) is 6.54 Å². The SMILES string of the molecule is Cc1ccc(Cl)cc1N1CCN(CC(=O)Nc2ccccc2C(C)C)CC1. The van der Waals surface area contributed by atoms with Crippen LogP contribution in [0.25, 0.3) is 0 Å². The van der Waals surface area contributed by atoms with Crippen LogP contribution in [0.1, 0.15) is 30.9 Å². The Bertz CT molecular complexity index is 798. The Morgan fingerprint density at radius 3 is 2.52 bits per heavy atom. The lowest BCUT2D eigenvalue weighted by Gasteiger charge is -2.36. The van der Waals surface area contributed by atoms with Crippen molar-refractivity contribution in [1.82, 2.24) is 4.90 Å². The fraction of sp³-hybridized carbons (Fsp3) is 0.409. The minimum Gasteiger partial charge on any atom is -0.369 e. The van der Waals surface area contributed by atoms with E-state index in [1.54, 1.807) is 0 Å². The molecule has 1 aliphatic rings. The first-order valence-corrected chi connectivity index (χ1v) is 9.94. The van der Waals surface area contributed by atoms with Gasteiger partial charge in [0.15, 0.2) is 0 Å². The van der Waals surface area contributed by atoms with E-state index in [2.05, 4.69) is 48.0 Å². The molecule has 3 rings (SSSR count). The van der Waals surface area contributed by atoms with Gasteiger partial charge in [-0.1, -0.05) is 49.7 Å². The summed E-state index contributed by atoms with van der Waals surface area (Å²) in [7, 11) is 0. The number of carbonyl (C=O) groups excluding carboxylic acids is 1. The fourth-order valence-corrected chi connectivity index (χ4v) is 3.74. The summed E-state index contributed by atoms with van der Waals surface area (Å²) in [6.45, 7) is 10.3. The van der Waals surface area contributed by atoms with Crippen molar-refractivity contribution in [2.24, 2.45) is 0 Å². The van der Waals surface area contributed by atoms with Crippen LogP contribution in [0.5, 0.6) is 0 Å². The summed E-state index contributed by atoms with van der Waals surface area (Å²) in [6.07, 6.45) is 0. The lowest BCUT2D eigenvalue weighted by molar-refractivity contribution is -0.117. The maximum absolute atomic E-state index is 12.5. The molecule has 1 amide bonds. The minimum atomic E-state index is 0.0514. The highest BCUT2D eigenvalue weighted by molar-refractivity contribution is 6.30. The lowest BCUT2D eigenvalue weighted by atomic mass is 10.0. The number of aryl methyl sites for hydroxylation is 1. The first kappa shape index (κ1) is 19.7. The molecule has 1 saturated heterocycles. The van der Waals surface area contributed by atoms with Gasteiger partial charge in [-0.15, -0.1) is 0 Å². The summed E-state index contributed by atoms with van der Waals surface area (Å²) < 4.78 is 0. The van der Waals surface area contributed by atoms with Gasteiger partial charge < -0.3 is 10.2 Å². The molecule has 0 unspecified atom stereocenters. The number of piperazine rings is 1. The third-order valence-electron chi connectivity index (χ3n) is 5.11. The molecule has 0 radical (unpaired) electrons. The topological polar surface area (TPSA) is 35.6 Å². The van der Waals surface area contributed by atoms with Gasteiger partial charge in [-0.2, -0.15) is 0 Å². The van der Waals surface area contributed by atoms with Gasteiger partial charge in [-0.25, -0.2) is 0 Å². The maximum Gasteiger partial charge on any atom is 0.238 e. The average Bonchev–Trinajstić information content (AvgIpc) is 2.64. The zero-order valence-electron chi connectivity index (χ0n) is 16.3.